The summed E-state index contributed by atoms with van der Waals surface area (Å²) >= 11 is 3.06. The molecule has 0 bridgehead atoms. The van der Waals surface area contributed by atoms with Crippen molar-refractivity contribution in [2.75, 3.05) is 23.7 Å². The zero-order chi connectivity index (χ0) is 24.8. The van der Waals surface area contributed by atoms with Crippen LogP contribution in [0.25, 0.3) is 0 Å². The van der Waals surface area contributed by atoms with Crippen LogP contribution in [0.2, 0.25) is 0 Å². The number of nitrogens with one attached hydrogen (secondary N) is 2. The molecule has 2 fully saturated rings. The number of aryl methyl sites for hydroxylation is 1. The minimum absolute atomic E-state index is 0.0166. The maximum absolute atomic E-state index is 14.7. The van der Waals surface area contributed by atoms with Gasteiger partial charge in [-0.25, -0.2) is 18.7 Å². The maximum atomic E-state index is 14.7. The molecule has 2 aliphatic rings. The number of hydrogen-bond donors (Lipinski definition) is 3. The van der Waals surface area contributed by atoms with Crippen molar-refractivity contribution in [2.24, 2.45) is 5.92 Å². The second kappa shape index (κ2) is 9.12. The normalized spacial score (nSPS) is 24.3. The van der Waals surface area contributed by atoms with Crippen molar-refractivity contribution in [1.29, 1.82) is 0 Å². The number of benzene rings is 1. The first-order chi connectivity index (χ1) is 16.7. The highest BCUT2D eigenvalue weighted by Gasteiger charge is 2.53. The van der Waals surface area contributed by atoms with Crippen molar-refractivity contribution < 1.29 is 14.3 Å². The Morgan fingerprint density at radius 2 is 2.06 bits per heavy atom. The summed E-state index contributed by atoms with van der Waals surface area (Å²) in [7, 11) is 0. The molecule has 8 nitrogen and oxygen atoms in total. The van der Waals surface area contributed by atoms with Crippen LogP contribution in [0.5, 0.6) is 0 Å². The Labute approximate surface area is 211 Å². The molecule has 1 amide bonds. The number of carbonyl (C=O) groups excluding carboxylic acids is 1. The van der Waals surface area contributed by atoms with Gasteiger partial charge in [0, 0.05) is 41.4 Å². The molecule has 3 aromatic rings. The number of anilines is 1. The van der Waals surface area contributed by atoms with Crippen molar-refractivity contribution in [3.8, 4) is 0 Å². The van der Waals surface area contributed by atoms with Gasteiger partial charge in [0.2, 0.25) is 5.95 Å². The minimum Gasteiger partial charge on any atom is -0.384 e. The van der Waals surface area contributed by atoms with Gasteiger partial charge in [-0.15, -0.1) is 11.8 Å². The SMILES string of the molecule is Cc1nc(N2C[C@H]3CSC(NC(=O)c4ccccc4)N[C@@]3(c3ccns3)C2)nc(C(C)(C)O)c1F. The summed E-state index contributed by atoms with van der Waals surface area (Å²) in [6, 6.07) is 11.1. The van der Waals surface area contributed by atoms with Gasteiger partial charge in [0.15, 0.2) is 5.82 Å². The molecule has 0 spiro atoms. The molecule has 2 aromatic heterocycles. The number of halogens is 1. The third-order valence-corrected chi connectivity index (χ3v) is 8.56. The first kappa shape index (κ1) is 24.1. The van der Waals surface area contributed by atoms with Crippen LogP contribution in [0.1, 0.15) is 40.5 Å². The number of fused-ring (bicyclic) bond motifs is 1. The zero-order valence-electron chi connectivity index (χ0n) is 19.7. The molecule has 5 rings (SSSR count). The van der Waals surface area contributed by atoms with E-state index < -0.39 is 17.0 Å². The van der Waals surface area contributed by atoms with Gasteiger partial charge in [0.05, 0.1) is 11.2 Å². The first-order valence-corrected chi connectivity index (χ1v) is 13.2. The maximum Gasteiger partial charge on any atom is 0.253 e. The van der Waals surface area contributed by atoms with E-state index in [4.69, 9.17) is 0 Å². The molecule has 0 aliphatic carbocycles. The van der Waals surface area contributed by atoms with Gasteiger partial charge < -0.3 is 15.3 Å². The van der Waals surface area contributed by atoms with E-state index in [0.717, 1.165) is 10.6 Å². The molecule has 1 unspecified atom stereocenters. The molecule has 0 saturated carbocycles. The molecule has 184 valence electrons. The van der Waals surface area contributed by atoms with Gasteiger partial charge in [0.1, 0.15) is 16.8 Å². The predicted octanol–water partition coefficient (Wildman–Crippen LogP) is 2.99. The van der Waals surface area contributed by atoms with E-state index in [9.17, 15) is 14.3 Å². The van der Waals surface area contributed by atoms with Gasteiger partial charge in [0.25, 0.3) is 5.91 Å². The third-order valence-electron chi connectivity index (χ3n) is 6.47. The standard InChI is InChI=1S/C24H27FN6O2S2/c1-14-18(25)19(23(2,3)33)28-21(27-14)31-11-16-12-34-22(29-20(32)15-7-5-4-6-8-15)30-24(16,13-31)17-9-10-26-35-17/h4-10,16,22,30,33H,11-13H2,1-3H3,(H,29,32)/t16-,22?,24-/m0/s1. The molecular weight excluding hydrogens is 487 g/mol. The van der Waals surface area contributed by atoms with Gasteiger partial charge in [-0.2, -0.15) is 0 Å². The highest BCUT2D eigenvalue weighted by molar-refractivity contribution is 7.99. The molecule has 1 aromatic carbocycles. The Balaban J connectivity index is 1.45. The number of thioether (sulfide) groups is 1. The molecule has 2 saturated heterocycles. The second-order valence-electron chi connectivity index (χ2n) is 9.45. The first-order valence-electron chi connectivity index (χ1n) is 11.4. The average molecular weight is 515 g/mol. The molecule has 3 atom stereocenters. The Morgan fingerprint density at radius 3 is 2.74 bits per heavy atom. The van der Waals surface area contributed by atoms with E-state index in [1.54, 1.807) is 37.0 Å². The van der Waals surface area contributed by atoms with Crippen molar-refractivity contribution in [1.82, 2.24) is 25.0 Å². The molecule has 0 radical (unpaired) electrons. The highest BCUT2D eigenvalue weighted by atomic mass is 32.2. The van der Waals surface area contributed by atoms with Crippen LogP contribution < -0.4 is 15.5 Å². The third kappa shape index (κ3) is 4.53. The summed E-state index contributed by atoms with van der Waals surface area (Å²) in [4.78, 5) is 24.8. The van der Waals surface area contributed by atoms with Crippen molar-refractivity contribution in [3.63, 3.8) is 0 Å². The second-order valence-corrected chi connectivity index (χ2v) is 11.4. The lowest BCUT2D eigenvalue weighted by Gasteiger charge is -2.42. The molecular formula is C24H27FN6O2S2. The van der Waals surface area contributed by atoms with Crippen LogP contribution in [-0.4, -0.2) is 49.7 Å². The smallest absolute Gasteiger partial charge is 0.253 e. The minimum atomic E-state index is -1.44. The predicted molar refractivity (Wildman–Crippen MR) is 135 cm³/mol. The summed E-state index contributed by atoms with van der Waals surface area (Å²) < 4.78 is 19.0. The topological polar surface area (TPSA) is 103 Å². The van der Waals surface area contributed by atoms with E-state index >= 15 is 0 Å². The summed E-state index contributed by atoms with van der Waals surface area (Å²) in [6.45, 7) is 5.79. The number of carbonyl (C=O) groups is 1. The van der Waals surface area contributed by atoms with Gasteiger partial charge in [-0.05, 0) is 50.5 Å². The fourth-order valence-corrected chi connectivity index (χ4v) is 6.78. The average Bonchev–Trinajstić information content (AvgIpc) is 3.49. The van der Waals surface area contributed by atoms with Crippen LogP contribution in [0.4, 0.5) is 10.3 Å². The molecule has 35 heavy (non-hydrogen) atoms. The molecule has 4 heterocycles. The number of amides is 1. The van der Waals surface area contributed by atoms with Crippen molar-refractivity contribution in [3.05, 3.63) is 70.2 Å². The van der Waals surface area contributed by atoms with E-state index in [0.29, 0.717) is 24.6 Å². The fourth-order valence-electron chi connectivity index (χ4n) is 4.67. The number of hydrogen-bond acceptors (Lipinski definition) is 9. The lowest BCUT2D eigenvalue weighted by atomic mass is 9.86. The molecule has 11 heteroatoms. The van der Waals surface area contributed by atoms with Gasteiger partial charge >= 0.3 is 0 Å². The number of aromatic nitrogens is 3. The van der Waals surface area contributed by atoms with E-state index in [1.807, 2.05) is 29.2 Å². The summed E-state index contributed by atoms with van der Waals surface area (Å²) in [6.07, 6.45) is 1.78. The Morgan fingerprint density at radius 1 is 1.29 bits per heavy atom. The molecule has 3 N–H and O–H groups in total. The number of nitrogens with zero attached hydrogens (tertiary/aromatic N) is 4. The summed E-state index contributed by atoms with van der Waals surface area (Å²) in [5.74, 6) is 0.621. The lowest BCUT2D eigenvalue weighted by Crippen LogP contribution is -2.60. The Kier molecular flexibility index (Phi) is 6.28. The van der Waals surface area contributed by atoms with Crippen LogP contribution >= 0.6 is 23.3 Å². The Bertz CT molecular complexity index is 1220. The monoisotopic (exact) mass is 514 g/mol. The van der Waals surface area contributed by atoms with Crippen LogP contribution in [0, 0.1) is 18.7 Å². The highest BCUT2D eigenvalue weighted by Crippen LogP contribution is 2.45. The zero-order valence-corrected chi connectivity index (χ0v) is 21.3. The van der Waals surface area contributed by atoms with E-state index in [2.05, 4.69) is 25.0 Å². The van der Waals surface area contributed by atoms with Crippen molar-refractivity contribution in [2.45, 2.75) is 37.4 Å². The van der Waals surface area contributed by atoms with E-state index in [1.165, 1.54) is 25.4 Å². The van der Waals surface area contributed by atoms with Gasteiger partial charge in [-0.3, -0.25) is 10.1 Å². The van der Waals surface area contributed by atoms with Gasteiger partial charge in [-0.1, -0.05) is 18.2 Å². The van der Waals surface area contributed by atoms with Crippen LogP contribution in [0.15, 0.2) is 42.6 Å². The van der Waals surface area contributed by atoms with Crippen molar-refractivity contribution >= 4 is 35.1 Å². The largest absolute Gasteiger partial charge is 0.384 e. The Hall–Kier alpha value is -2.60. The van der Waals surface area contributed by atoms with E-state index in [-0.39, 0.29) is 28.7 Å². The number of aliphatic hydroxyl groups is 1. The fraction of sp³-hybridized carbons (Fsp3) is 0.417. The van der Waals surface area contributed by atoms with Crippen LogP contribution in [-0.2, 0) is 11.1 Å². The van der Waals surface area contributed by atoms with Crippen LogP contribution in [0.3, 0.4) is 0 Å². The lowest BCUT2D eigenvalue weighted by molar-refractivity contribution is 0.0691. The summed E-state index contributed by atoms with van der Waals surface area (Å²) in [5, 5.41) is 17.3. The summed E-state index contributed by atoms with van der Waals surface area (Å²) in [5.41, 5.74) is -1.44. The molecule has 2 aliphatic heterocycles. The quantitative estimate of drug-likeness (QED) is 0.478. The number of rotatable bonds is 5.